The molecule has 0 aromatic heterocycles. The van der Waals surface area contributed by atoms with Crippen LogP contribution in [0.5, 0.6) is 5.75 Å². The van der Waals surface area contributed by atoms with Crippen LogP contribution in [0.25, 0.3) is 0 Å². The van der Waals surface area contributed by atoms with Crippen molar-refractivity contribution in [3.8, 4) is 5.75 Å². The highest BCUT2D eigenvalue weighted by Gasteiger charge is 2.28. The van der Waals surface area contributed by atoms with Crippen LogP contribution < -0.4 is 10.1 Å². The fourth-order valence-corrected chi connectivity index (χ4v) is 2.50. The Bertz CT molecular complexity index is 457. The van der Waals surface area contributed by atoms with Gasteiger partial charge in [-0.2, -0.15) is 0 Å². The summed E-state index contributed by atoms with van der Waals surface area (Å²) in [6.07, 6.45) is 0.589. The van der Waals surface area contributed by atoms with Gasteiger partial charge in [0.15, 0.2) is 0 Å². The van der Waals surface area contributed by atoms with E-state index in [1.54, 1.807) is 14.2 Å². The van der Waals surface area contributed by atoms with Crippen molar-refractivity contribution < 1.29 is 14.6 Å². The number of aliphatic carboxylic acids is 1. The first-order chi connectivity index (χ1) is 8.97. The van der Waals surface area contributed by atoms with E-state index >= 15 is 0 Å². The summed E-state index contributed by atoms with van der Waals surface area (Å²) in [6.45, 7) is 5.90. The Hall–Kier alpha value is -1.55. The number of benzene rings is 1. The maximum Gasteiger partial charge on any atom is 0.308 e. The second-order valence-electron chi connectivity index (χ2n) is 4.73. The molecule has 1 rings (SSSR count). The summed E-state index contributed by atoms with van der Waals surface area (Å²) in [6, 6.07) is 3.66. The normalized spacial score (nSPS) is 13.9. The van der Waals surface area contributed by atoms with Gasteiger partial charge in [0.2, 0.25) is 0 Å². The maximum atomic E-state index is 11.4. The lowest BCUT2D eigenvalue weighted by molar-refractivity contribution is -0.143. The molecule has 4 nitrogen and oxygen atoms in total. The Morgan fingerprint density at radius 2 is 2.00 bits per heavy atom. The summed E-state index contributed by atoms with van der Waals surface area (Å²) in [5, 5.41) is 12.5. The lowest BCUT2D eigenvalue weighted by Crippen LogP contribution is -2.31. The minimum absolute atomic E-state index is 0.188. The number of carboxylic acid groups (broad SMARTS) is 1. The van der Waals surface area contributed by atoms with Crippen LogP contribution in [0, 0.1) is 19.8 Å². The monoisotopic (exact) mass is 265 g/mol. The molecule has 19 heavy (non-hydrogen) atoms. The number of rotatable bonds is 6. The Morgan fingerprint density at radius 3 is 2.42 bits per heavy atom. The van der Waals surface area contributed by atoms with Gasteiger partial charge in [-0.3, -0.25) is 4.79 Å². The number of ether oxygens (including phenoxy) is 1. The zero-order valence-corrected chi connectivity index (χ0v) is 12.3. The average Bonchev–Trinajstić information content (AvgIpc) is 2.39. The lowest BCUT2D eigenvalue weighted by Gasteiger charge is -2.26. The summed E-state index contributed by atoms with van der Waals surface area (Å²) in [4.78, 5) is 11.4. The van der Waals surface area contributed by atoms with E-state index in [9.17, 15) is 9.90 Å². The summed E-state index contributed by atoms with van der Waals surface area (Å²) in [5.41, 5.74) is 3.16. The summed E-state index contributed by atoms with van der Waals surface area (Å²) >= 11 is 0. The zero-order chi connectivity index (χ0) is 14.6. The van der Waals surface area contributed by atoms with Gasteiger partial charge in [0.1, 0.15) is 5.75 Å². The maximum absolute atomic E-state index is 11.4. The molecule has 4 heteroatoms. The first-order valence-corrected chi connectivity index (χ1v) is 6.52. The third-order valence-electron chi connectivity index (χ3n) is 3.80. The van der Waals surface area contributed by atoms with Gasteiger partial charge in [0, 0.05) is 6.04 Å². The van der Waals surface area contributed by atoms with Gasteiger partial charge in [-0.15, -0.1) is 0 Å². The van der Waals surface area contributed by atoms with Crippen molar-refractivity contribution in [2.24, 2.45) is 5.92 Å². The van der Waals surface area contributed by atoms with Crippen molar-refractivity contribution in [3.05, 3.63) is 28.8 Å². The molecule has 0 aliphatic rings. The number of carboxylic acids is 1. The van der Waals surface area contributed by atoms with E-state index in [1.165, 1.54) is 0 Å². The molecule has 0 spiro atoms. The van der Waals surface area contributed by atoms with E-state index < -0.39 is 11.9 Å². The smallest absolute Gasteiger partial charge is 0.308 e. The third kappa shape index (κ3) is 3.07. The van der Waals surface area contributed by atoms with Crippen LogP contribution in [0.15, 0.2) is 12.1 Å². The van der Waals surface area contributed by atoms with Gasteiger partial charge >= 0.3 is 5.97 Å². The Balaban J connectivity index is 3.26. The number of nitrogens with one attached hydrogen (secondary N) is 1. The fourth-order valence-electron chi connectivity index (χ4n) is 2.50. The first kappa shape index (κ1) is 15.5. The molecular formula is C15H23NO3. The third-order valence-corrected chi connectivity index (χ3v) is 3.80. The Morgan fingerprint density at radius 1 is 1.37 bits per heavy atom. The van der Waals surface area contributed by atoms with Crippen LogP contribution in [-0.4, -0.2) is 25.2 Å². The largest absolute Gasteiger partial charge is 0.496 e. The van der Waals surface area contributed by atoms with Crippen molar-refractivity contribution in [2.75, 3.05) is 14.2 Å². The standard InChI is InChI=1S/C15H23NO3/c1-6-11(15(17)18)14(16-4)12-7-8-13(19-5)10(3)9(12)2/h7-8,11,14,16H,6H2,1-5H3,(H,17,18). The molecular weight excluding hydrogens is 242 g/mol. The molecule has 0 aliphatic carbocycles. The van der Waals surface area contributed by atoms with E-state index in [0.29, 0.717) is 6.42 Å². The van der Waals surface area contributed by atoms with Crippen molar-refractivity contribution in [2.45, 2.75) is 33.2 Å². The molecule has 0 fully saturated rings. The predicted molar refractivity (Wildman–Crippen MR) is 75.7 cm³/mol. The highest BCUT2D eigenvalue weighted by Crippen LogP contribution is 2.32. The second-order valence-corrected chi connectivity index (χ2v) is 4.73. The number of hydrogen-bond acceptors (Lipinski definition) is 3. The van der Waals surface area contributed by atoms with Crippen LogP contribution in [0.2, 0.25) is 0 Å². The number of methoxy groups -OCH3 is 1. The molecule has 106 valence electrons. The van der Waals surface area contributed by atoms with E-state index in [-0.39, 0.29) is 6.04 Å². The van der Waals surface area contributed by atoms with Crippen molar-refractivity contribution in [3.63, 3.8) is 0 Å². The molecule has 0 bridgehead atoms. The fraction of sp³-hybridized carbons (Fsp3) is 0.533. The van der Waals surface area contributed by atoms with E-state index in [4.69, 9.17) is 4.74 Å². The van der Waals surface area contributed by atoms with Crippen LogP contribution in [0.1, 0.15) is 36.1 Å². The molecule has 2 atom stereocenters. The molecule has 0 saturated carbocycles. The summed E-state index contributed by atoms with van der Waals surface area (Å²) in [7, 11) is 3.44. The number of carbonyl (C=O) groups is 1. The van der Waals surface area contributed by atoms with E-state index in [1.807, 2.05) is 32.9 Å². The van der Waals surface area contributed by atoms with Crippen LogP contribution in [-0.2, 0) is 4.79 Å². The lowest BCUT2D eigenvalue weighted by atomic mass is 9.87. The average molecular weight is 265 g/mol. The minimum atomic E-state index is -0.769. The highest BCUT2D eigenvalue weighted by atomic mass is 16.5. The molecule has 1 aromatic rings. The Labute approximate surface area is 114 Å². The topological polar surface area (TPSA) is 58.6 Å². The molecule has 0 aliphatic heterocycles. The highest BCUT2D eigenvalue weighted by molar-refractivity contribution is 5.71. The molecule has 0 amide bonds. The first-order valence-electron chi connectivity index (χ1n) is 6.52. The van der Waals surface area contributed by atoms with Gasteiger partial charge in [0.05, 0.1) is 13.0 Å². The summed E-state index contributed by atoms with van der Waals surface area (Å²) in [5.74, 6) is -0.370. The minimum Gasteiger partial charge on any atom is -0.496 e. The quantitative estimate of drug-likeness (QED) is 0.830. The van der Waals surface area contributed by atoms with Gasteiger partial charge < -0.3 is 15.2 Å². The SMILES string of the molecule is CCC(C(=O)O)C(NC)c1ccc(OC)c(C)c1C. The van der Waals surface area contributed by atoms with Crippen molar-refractivity contribution >= 4 is 5.97 Å². The molecule has 0 heterocycles. The van der Waals surface area contributed by atoms with Crippen molar-refractivity contribution in [1.82, 2.24) is 5.32 Å². The van der Waals surface area contributed by atoms with Gasteiger partial charge in [-0.25, -0.2) is 0 Å². The van der Waals surface area contributed by atoms with Gasteiger partial charge in [0.25, 0.3) is 0 Å². The molecule has 2 unspecified atom stereocenters. The van der Waals surface area contributed by atoms with Crippen LogP contribution >= 0.6 is 0 Å². The van der Waals surface area contributed by atoms with Crippen LogP contribution in [0.3, 0.4) is 0 Å². The molecule has 0 radical (unpaired) electrons. The molecule has 0 saturated heterocycles. The van der Waals surface area contributed by atoms with Gasteiger partial charge in [-0.05, 0) is 50.1 Å². The van der Waals surface area contributed by atoms with Crippen LogP contribution in [0.4, 0.5) is 0 Å². The Kier molecular flexibility index (Phi) is 5.36. The number of hydrogen-bond donors (Lipinski definition) is 2. The van der Waals surface area contributed by atoms with E-state index in [0.717, 1.165) is 22.4 Å². The van der Waals surface area contributed by atoms with Gasteiger partial charge in [-0.1, -0.05) is 13.0 Å². The second kappa shape index (κ2) is 6.57. The molecule has 1 aromatic carbocycles. The molecule has 2 N–H and O–H groups in total. The predicted octanol–water partition coefficient (Wildman–Crippen LogP) is 2.68. The van der Waals surface area contributed by atoms with Crippen molar-refractivity contribution in [1.29, 1.82) is 0 Å². The summed E-state index contributed by atoms with van der Waals surface area (Å²) < 4.78 is 5.29. The zero-order valence-electron chi connectivity index (χ0n) is 12.3. The van der Waals surface area contributed by atoms with E-state index in [2.05, 4.69) is 5.32 Å².